The summed E-state index contributed by atoms with van der Waals surface area (Å²) in [5.41, 5.74) is 0.262. The van der Waals surface area contributed by atoms with Crippen molar-refractivity contribution < 1.29 is 9.59 Å². The fourth-order valence-corrected chi connectivity index (χ4v) is 4.21. The van der Waals surface area contributed by atoms with Gasteiger partial charge in [-0.3, -0.25) is 9.59 Å². The second-order valence-corrected chi connectivity index (χ2v) is 6.94. The Bertz CT molecular complexity index is 399. The maximum absolute atomic E-state index is 12.2. The molecule has 1 spiro atoms. The third kappa shape index (κ3) is 3.57. The van der Waals surface area contributed by atoms with Gasteiger partial charge in [0.15, 0.2) is 0 Å². The van der Waals surface area contributed by atoms with Crippen molar-refractivity contribution in [3.8, 4) is 0 Å². The first kappa shape index (κ1) is 14.8. The molecule has 5 heteroatoms. The van der Waals surface area contributed by atoms with Gasteiger partial charge in [0.25, 0.3) is 0 Å². The maximum Gasteiger partial charge on any atom is 0.239 e. The summed E-state index contributed by atoms with van der Waals surface area (Å²) in [6.45, 7) is 1.98. The highest BCUT2D eigenvalue weighted by atomic mass is 16.2. The fourth-order valence-electron chi connectivity index (χ4n) is 4.21. The van der Waals surface area contributed by atoms with Gasteiger partial charge in [-0.05, 0) is 38.6 Å². The van der Waals surface area contributed by atoms with Crippen LogP contribution in [0.15, 0.2) is 0 Å². The van der Waals surface area contributed by atoms with Crippen molar-refractivity contribution >= 4 is 11.8 Å². The molecule has 2 N–H and O–H groups in total. The highest BCUT2D eigenvalue weighted by Gasteiger charge is 2.37. The SMILES string of the molecule is O=C(CN1CCCC1=O)NC1CCNC2(CCCCC2)C1. The molecule has 0 aromatic heterocycles. The van der Waals surface area contributed by atoms with E-state index in [0.717, 1.165) is 32.4 Å². The van der Waals surface area contributed by atoms with Gasteiger partial charge in [-0.25, -0.2) is 0 Å². The third-order valence-electron chi connectivity index (χ3n) is 5.31. The summed E-state index contributed by atoms with van der Waals surface area (Å²) in [5, 5.41) is 6.87. The van der Waals surface area contributed by atoms with Crippen LogP contribution in [0.4, 0.5) is 0 Å². The minimum Gasteiger partial charge on any atom is -0.352 e. The average Bonchev–Trinajstić information content (AvgIpc) is 2.85. The molecule has 2 aliphatic heterocycles. The van der Waals surface area contributed by atoms with Crippen LogP contribution < -0.4 is 10.6 Å². The van der Waals surface area contributed by atoms with Crippen LogP contribution in [-0.4, -0.2) is 47.9 Å². The van der Waals surface area contributed by atoms with Gasteiger partial charge >= 0.3 is 0 Å². The Morgan fingerprint density at radius 1 is 1.29 bits per heavy atom. The molecule has 118 valence electrons. The average molecular weight is 293 g/mol. The van der Waals surface area contributed by atoms with E-state index in [1.165, 1.54) is 32.1 Å². The topological polar surface area (TPSA) is 61.4 Å². The quantitative estimate of drug-likeness (QED) is 0.821. The molecule has 3 aliphatic rings. The molecule has 3 rings (SSSR count). The van der Waals surface area contributed by atoms with E-state index in [0.29, 0.717) is 6.42 Å². The number of nitrogens with one attached hydrogen (secondary N) is 2. The van der Waals surface area contributed by atoms with Gasteiger partial charge in [0.2, 0.25) is 11.8 Å². The largest absolute Gasteiger partial charge is 0.352 e. The first-order valence-electron chi connectivity index (χ1n) is 8.49. The number of rotatable bonds is 3. The summed E-state index contributed by atoms with van der Waals surface area (Å²) in [7, 11) is 0. The van der Waals surface area contributed by atoms with Crippen LogP contribution in [-0.2, 0) is 9.59 Å². The van der Waals surface area contributed by atoms with Crippen LogP contribution in [0.3, 0.4) is 0 Å². The monoisotopic (exact) mass is 293 g/mol. The predicted molar refractivity (Wildman–Crippen MR) is 80.8 cm³/mol. The van der Waals surface area contributed by atoms with Gasteiger partial charge in [-0.15, -0.1) is 0 Å². The molecule has 1 aliphatic carbocycles. The Morgan fingerprint density at radius 3 is 2.81 bits per heavy atom. The molecule has 0 radical (unpaired) electrons. The van der Waals surface area contributed by atoms with E-state index in [-0.39, 0.29) is 29.9 Å². The van der Waals surface area contributed by atoms with Crippen molar-refractivity contribution in [2.75, 3.05) is 19.6 Å². The van der Waals surface area contributed by atoms with E-state index >= 15 is 0 Å². The highest BCUT2D eigenvalue weighted by Crippen LogP contribution is 2.34. The zero-order chi connectivity index (χ0) is 14.7. The van der Waals surface area contributed by atoms with Gasteiger partial charge in [0, 0.05) is 24.5 Å². The number of nitrogens with zero attached hydrogens (tertiary/aromatic N) is 1. The normalized spacial score (nSPS) is 28.9. The van der Waals surface area contributed by atoms with Crippen molar-refractivity contribution in [1.82, 2.24) is 15.5 Å². The van der Waals surface area contributed by atoms with E-state index in [1.54, 1.807) is 4.90 Å². The fraction of sp³-hybridized carbons (Fsp3) is 0.875. The molecule has 2 heterocycles. The Hall–Kier alpha value is -1.10. The predicted octanol–water partition coefficient (Wildman–Crippen LogP) is 1.18. The molecular formula is C16H27N3O2. The summed E-state index contributed by atoms with van der Waals surface area (Å²) in [4.78, 5) is 25.4. The summed E-state index contributed by atoms with van der Waals surface area (Å²) in [5.74, 6) is 0.141. The zero-order valence-electron chi connectivity index (χ0n) is 12.8. The second-order valence-electron chi connectivity index (χ2n) is 6.94. The lowest BCUT2D eigenvalue weighted by Gasteiger charge is -2.44. The van der Waals surface area contributed by atoms with E-state index in [4.69, 9.17) is 0 Å². The Balaban J connectivity index is 1.50. The number of likely N-dealkylation sites (tertiary alicyclic amines) is 1. The lowest BCUT2D eigenvalue weighted by atomic mass is 9.75. The van der Waals surface area contributed by atoms with Gasteiger partial charge in [-0.1, -0.05) is 19.3 Å². The molecule has 3 fully saturated rings. The summed E-state index contributed by atoms with van der Waals surface area (Å²) >= 11 is 0. The van der Waals surface area contributed by atoms with Crippen molar-refractivity contribution in [3.63, 3.8) is 0 Å². The van der Waals surface area contributed by atoms with Gasteiger partial charge in [-0.2, -0.15) is 0 Å². The molecule has 0 aromatic carbocycles. The first-order chi connectivity index (χ1) is 10.2. The number of amides is 2. The molecule has 21 heavy (non-hydrogen) atoms. The van der Waals surface area contributed by atoms with E-state index in [1.807, 2.05) is 0 Å². The van der Waals surface area contributed by atoms with Crippen molar-refractivity contribution in [2.24, 2.45) is 0 Å². The number of hydrogen-bond acceptors (Lipinski definition) is 3. The lowest BCUT2D eigenvalue weighted by molar-refractivity contribution is -0.133. The molecule has 1 atom stereocenters. The second kappa shape index (κ2) is 6.34. The van der Waals surface area contributed by atoms with Crippen LogP contribution in [0.2, 0.25) is 0 Å². The number of piperidine rings is 1. The van der Waals surface area contributed by atoms with Crippen LogP contribution in [0, 0.1) is 0 Å². The minimum atomic E-state index is 0.0168. The summed E-state index contributed by atoms with van der Waals surface area (Å²) < 4.78 is 0. The van der Waals surface area contributed by atoms with Crippen LogP contribution in [0.25, 0.3) is 0 Å². The van der Waals surface area contributed by atoms with Gasteiger partial charge < -0.3 is 15.5 Å². The van der Waals surface area contributed by atoms with Crippen LogP contribution in [0.5, 0.6) is 0 Å². The molecule has 2 amide bonds. The number of carbonyl (C=O) groups excluding carboxylic acids is 2. The molecule has 2 saturated heterocycles. The Morgan fingerprint density at radius 2 is 2.10 bits per heavy atom. The molecule has 0 aromatic rings. The highest BCUT2D eigenvalue weighted by molar-refractivity contribution is 5.85. The van der Waals surface area contributed by atoms with Gasteiger partial charge in [0.1, 0.15) is 0 Å². The van der Waals surface area contributed by atoms with E-state index in [2.05, 4.69) is 10.6 Å². The smallest absolute Gasteiger partial charge is 0.239 e. The van der Waals surface area contributed by atoms with Crippen molar-refractivity contribution in [3.05, 3.63) is 0 Å². The van der Waals surface area contributed by atoms with E-state index in [9.17, 15) is 9.59 Å². The standard InChI is InChI=1S/C16H27N3O2/c20-14(12-19-10-4-5-15(19)21)18-13-6-9-17-16(11-13)7-2-1-3-8-16/h13,17H,1-12H2,(H,18,20). The number of carbonyl (C=O) groups is 2. The zero-order valence-corrected chi connectivity index (χ0v) is 12.8. The van der Waals surface area contributed by atoms with E-state index < -0.39 is 0 Å². The van der Waals surface area contributed by atoms with Crippen LogP contribution >= 0.6 is 0 Å². The minimum absolute atomic E-state index is 0.0168. The lowest BCUT2D eigenvalue weighted by Crippen LogP contribution is -2.57. The molecule has 0 bridgehead atoms. The molecule has 5 nitrogen and oxygen atoms in total. The summed E-state index contributed by atoms with van der Waals surface area (Å²) in [6, 6.07) is 0.273. The van der Waals surface area contributed by atoms with Crippen molar-refractivity contribution in [1.29, 1.82) is 0 Å². The Labute approximate surface area is 126 Å². The summed E-state index contributed by atoms with van der Waals surface area (Å²) in [6.07, 6.45) is 9.97. The van der Waals surface area contributed by atoms with Crippen LogP contribution in [0.1, 0.15) is 57.8 Å². The maximum atomic E-state index is 12.2. The number of hydrogen-bond donors (Lipinski definition) is 2. The molecule has 1 unspecified atom stereocenters. The third-order valence-corrected chi connectivity index (χ3v) is 5.31. The van der Waals surface area contributed by atoms with Gasteiger partial charge in [0.05, 0.1) is 6.54 Å². The molecular weight excluding hydrogens is 266 g/mol. The molecule has 1 saturated carbocycles. The first-order valence-corrected chi connectivity index (χ1v) is 8.49. The van der Waals surface area contributed by atoms with Crippen molar-refractivity contribution in [2.45, 2.75) is 69.4 Å². The Kier molecular flexibility index (Phi) is 4.48.